The summed E-state index contributed by atoms with van der Waals surface area (Å²) in [4.78, 5) is 4.32. The molecule has 0 aliphatic carbocycles. The normalized spacial score (nSPS) is 10.4. The molecule has 19 heavy (non-hydrogen) atoms. The topological polar surface area (TPSA) is 81.7 Å². The number of imidazole rings is 1. The molecule has 2 heterocycles. The van der Waals surface area contributed by atoms with Gasteiger partial charge in [0.2, 0.25) is 0 Å². The molecule has 0 saturated carbocycles. The summed E-state index contributed by atoms with van der Waals surface area (Å²) in [5.41, 5.74) is 8.33. The first kappa shape index (κ1) is 13.4. The van der Waals surface area contributed by atoms with Crippen LogP contribution in [-0.2, 0) is 6.54 Å². The highest BCUT2D eigenvalue weighted by atomic mass is 32.1. The van der Waals surface area contributed by atoms with Crippen LogP contribution in [0.3, 0.4) is 0 Å². The van der Waals surface area contributed by atoms with Crippen LogP contribution in [0.4, 0.5) is 5.82 Å². The highest BCUT2D eigenvalue weighted by molar-refractivity contribution is 7.80. The second-order valence-corrected chi connectivity index (χ2v) is 4.67. The molecular formula is C12H16N6S. The molecule has 2 aromatic rings. The summed E-state index contributed by atoms with van der Waals surface area (Å²) in [5.74, 6) is 0.635. The van der Waals surface area contributed by atoms with Crippen LogP contribution in [0.15, 0.2) is 18.7 Å². The van der Waals surface area contributed by atoms with E-state index in [9.17, 15) is 0 Å². The zero-order chi connectivity index (χ0) is 13.8. The fourth-order valence-electron chi connectivity index (χ4n) is 1.76. The minimum atomic E-state index is 0.334. The number of thiocarbonyl (C=S) groups is 1. The Kier molecular flexibility index (Phi) is 4.06. The van der Waals surface area contributed by atoms with Gasteiger partial charge in [-0.2, -0.15) is 5.10 Å². The fraction of sp³-hybridized carbons (Fsp3) is 0.333. The van der Waals surface area contributed by atoms with Gasteiger partial charge in [-0.15, -0.1) is 5.10 Å². The molecule has 0 amide bonds. The third-order valence-electron chi connectivity index (χ3n) is 2.92. The van der Waals surface area contributed by atoms with Gasteiger partial charge >= 0.3 is 0 Å². The molecule has 3 N–H and O–H groups in total. The molecular weight excluding hydrogens is 260 g/mol. The van der Waals surface area contributed by atoms with E-state index in [-0.39, 0.29) is 0 Å². The average molecular weight is 276 g/mol. The van der Waals surface area contributed by atoms with E-state index >= 15 is 0 Å². The van der Waals surface area contributed by atoms with Crippen LogP contribution in [0.1, 0.15) is 16.8 Å². The number of nitrogens with one attached hydrogen (secondary N) is 1. The zero-order valence-corrected chi connectivity index (χ0v) is 11.7. The van der Waals surface area contributed by atoms with Crippen LogP contribution in [0.25, 0.3) is 0 Å². The average Bonchev–Trinajstić information content (AvgIpc) is 2.86. The second-order valence-electron chi connectivity index (χ2n) is 4.23. The fourth-order valence-corrected chi connectivity index (χ4v) is 2.01. The van der Waals surface area contributed by atoms with E-state index < -0.39 is 0 Å². The van der Waals surface area contributed by atoms with Gasteiger partial charge in [0.05, 0.1) is 17.6 Å². The number of hydrogen-bond donors (Lipinski definition) is 2. The number of aryl methyl sites for hydroxylation is 1. The molecule has 0 fully saturated rings. The monoisotopic (exact) mass is 276 g/mol. The Balaban J connectivity index is 2.11. The molecule has 0 spiro atoms. The molecule has 0 atom stereocenters. The van der Waals surface area contributed by atoms with Crippen LogP contribution in [0.2, 0.25) is 0 Å². The number of hydrogen-bond acceptors (Lipinski definition) is 5. The number of nitrogens with zero attached hydrogens (tertiary/aromatic N) is 4. The molecule has 0 aliphatic rings. The molecule has 6 nitrogen and oxygen atoms in total. The lowest BCUT2D eigenvalue weighted by atomic mass is 10.1. The van der Waals surface area contributed by atoms with Crippen molar-refractivity contribution in [2.75, 3.05) is 11.9 Å². The van der Waals surface area contributed by atoms with Crippen LogP contribution < -0.4 is 11.1 Å². The summed E-state index contributed by atoms with van der Waals surface area (Å²) >= 11 is 5.08. The highest BCUT2D eigenvalue weighted by Gasteiger charge is 2.12. The van der Waals surface area contributed by atoms with E-state index in [1.54, 1.807) is 12.5 Å². The quantitative estimate of drug-likeness (QED) is 0.794. The first-order valence-electron chi connectivity index (χ1n) is 5.93. The Bertz CT molecular complexity index is 578. The van der Waals surface area contributed by atoms with Gasteiger partial charge in [-0.25, -0.2) is 4.98 Å². The smallest absolute Gasteiger partial charge is 0.159 e. The van der Waals surface area contributed by atoms with E-state index in [1.807, 2.05) is 24.6 Å². The molecule has 0 aromatic carbocycles. The summed E-state index contributed by atoms with van der Waals surface area (Å²) < 4.78 is 1.97. The van der Waals surface area contributed by atoms with Crippen molar-refractivity contribution in [2.24, 2.45) is 5.73 Å². The van der Waals surface area contributed by atoms with E-state index in [0.717, 1.165) is 23.4 Å². The maximum Gasteiger partial charge on any atom is 0.159 e. The van der Waals surface area contributed by atoms with Crippen molar-refractivity contribution in [3.05, 3.63) is 35.5 Å². The van der Waals surface area contributed by atoms with Gasteiger partial charge in [0.15, 0.2) is 5.82 Å². The lowest BCUT2D eigenvalue weighted by molar-refractivity contribution is 0.723. The summed E-state index contributed by atoms with van der Waals surface area (Å²) in [5, 5.41) is 11.4. The van der Waals surface area contributed by atoms with Crippen molar-refractivity contribution in [2.45, 2.75) is 20.4 Å². The molecule has 2 aromatic heterocycles. The molecule has 0 bridgehead atoms. The third-order valence-corrected chi connectivity index (χ3v) is 3.13. The first-order chi connectivity index (χ1) is 9.09. The Hall–Kier alpha value is -2.02. The van der Waals surface area contributed by atoms with E-state index in [0.29, 0.717) is 17.4 Å². The summed E-state index contributed by atoms with van der Waals surface area (Å²) in [6.45, 7) is 5.31. The van der Waals surface area contributed by atoms with Gasteiger partial charge in [0.1, 0.15) is 4.99 Å². The van der Waals surface area contributed by atoms with Crippen molar-refractivity contribution in [1.82, 2.24) is 19.7 Å². The predicted molar refractivity (Wildman–Crippen MR) is 78.1 cm³/mol. The van der Waals surface area contributed by atoms with Crippen molar-refractivity contribution >= 4 is 23.0 Å². The van der Waals surface area contributed by atoms with Crippen LogP contribution in [-0.4, -0.2) is 31.3 Å². The number of nitrogens with two attached hydrogens (primary N) is 1. The SMILES string of the molecule is Cc1nnc(NCCn2ccnc2)c(C(N)=S)c1C. The zero-order valence-electron chi connectivity index (χ0n) is 10.9. The van der Waals surface area contributed by atoms with Gasteiger partial charge in [0.25, 0.3) is 0 Å². The molecule has 100 valence electrons. The Morgan fingerprint density at radius 3 is 2.84 bits per heavy atom. The highest BCUT2D eigenvalue weighted by Crippen LogP contribution is 2.17. The molecule has 2 rings (SSSR count). The van der Waals surface area contributed by atoms with Crippen LogP contribution in [0.5, 0.6) is 0 Å². The predicted octanol–water partition coefficient (Wildman–Crippen LogP) is 1.04. The lowest BCUT2D eigenvalue weighted by Gasteiger charge is -2.13. The second kappa shape index (κ2) is 5.75. The van der Waals surface area contributed by atoms with E-state index in [2.05, 4.69) is 20.5 Å². The maximum atomic E-state index is 5.76. The van der Waals surface area contributed by atoms with E-state index in [4.69, 9.17) is 18.0 Å². The molecule has 0 saturated heterocycles. The largest absolute Gasteiger partial charge is 0.389 e. The Morgan fingerprint density at radius 1 is 1.42 bits per heavy atom. The number of aromatic nitrogens is 4. The van der Waals surface area contributed by atoms with Gasteiger partial charge in [-0.05, 0) is 19.4 Å². The number of anilines is 1. The van der Waals surface area contributed by atoms with Crippen molar-refractivity contribution in [3.8, 4) is 0 Å². The van der Waals surface area contributed by atoms with Gasteiger partial charge in [-0.3, -0.25) is 0 Å². The molecule has 0 aliphatic heterocycles. The van der Waals surface area contributed by atoms with Gasteiger partial charge < -0.3 is 15.6 Å². The lowest BCUT2D eigenvalue weighted by Crippen LogP contribution is -2.19. The van der Waals surface area contributed by atoms with Crippen LogP contribution >= 0.6 is 12.2 Å². The van der Waals surface area contributed by atoms with Crippen molar-refractivity contribution < 1.29 is 0 Å². The summed E-state index contributed by atoms with van der Waals surface area (Å²) in [6, 6.07) is 0. The molecule has 0 unspecified atom stereocenters. The minimum absolute atomic E-state index is 0.334. The van der Waals surface area contributed by atoms with Crippen molar-refractivity contribution in [1.29, 1.82) is 0 Å². The first-order valence-corrected chi connectivity index (χ1v) is 6.33. The van der Waals surface area contributed by atoms with Crippen LogP contribution in [0, 0.1) is 13.8 Å². The third kappa shape index (κ3) is 3.05. The number of rotatable bonds is 5. The van der Waals surface area contributed by atoms with E-state index in [1.165, 1.54) is 0 Å². The standard InChI is InChI=1S/C12H16N6S/c1-8-9(2)16-17-12(10(8)11(13)19)15-4-6-18-5-3-14-7-18/h3,5,7H,4,6H2,1-2H3,(H2,13,19)(H,15,17). The maximum absolute atomic E-state index is 5.76. The van der Waals surface area contributed by atoms with Crippen molar-refractivity contribution in [3.63, 3.8) is 0 Å². The Labute approximate surface area is 117 Å². The Morgan fingerprint density at radius 2 is 2.21 bits per heavy atom. The molecule has 0 radical (unpaired) electrons. The van der Waals surface area contributed by atoms with Gasteiger partial charge in [0, 0.05) is 25.5 Å². The van der Waals surface area contributed by atoms with Gasteiger partial charge in [-0.1, -0.05) is 12.2 Å². The molecule has 7 heteroatoms. The summed E-state index contributed by atoms with van der Waals surface area (Å²) in [7, 11) is 0. The summed E-state index contributed by atoms with van der Waals surface area (Å²) in [6.07, 6.45) is 5.42. The minimum Gasteiger partial charge on any atom is -0.389 e.